The minimum Gasteiger partial charge on any atom is -0.393 e. The number of imidazole rings is 1. The fraction of sp³-hybridized carbons (Fsp3) is 0.538. The number of thiazole rings is 1. The van der Waals surface area contributed by atoms with Crippen molar-refractivity contribution in [3.63, 3.8) is 0 Å². The summed E-state index contributed by atoms with van der Waals surface area (Å²) in [5.41, 5.74) is -0.414. The fourth-order valence-electron chi connectivity index (χ4n) is 2.58. The van der Waals surface area contributed by atoms with Crippen molar-refractivity contribution in [3.05, 3.63) is 23.5 Å². The van der Waals surface area contributed by atoms with E-state index in [0.717, 1.165) is 10.7 Å². The molecule has 0 bridgehead atoms. The molecule has 7 heteroatoms. The summed E-state index contributed by atoms with van der Waals surface area (Å²) in [5.74, 6) is -0.0534. The molecule has 0 spiro atoms. The number of aliphatic hydroxyl groups is 2. The molecule has 1 atom stereocenters. The maximum Gasteiger partial charge on any atom is 0.228 e. The van der Waals surface area contributed by atoms with Crippen molar-refractivity contribution in [1.29, 1.82) is 0 Å². The van der Waals surface area contributed by atoms with Crippen molar-refractivity contribution in [3.8, 4) is 0 Å². The van der Waals surface area contributed by atoms with E-state index in [-0.39, 0.29) is 25.5 Å². The number of likely N-dealkylation sites (tertiary alicyclic amines) is 1. The summed E-state index contributed by atoms with van der Waals surface area (Å²) in [5, 5.41) is 21.2. The number of hydrogen-bond donors (Lipinski definition) is 2. The van der Waals surface area contributed by atoms with E-state index in [1.165, 1.54) is 11.3 Å². The number of carbonyl (C=O) groups excluding carboxylic acids is 1. The van der Waals surface area contributed by atoms with Crippen LogP contribution in [0.5, 0.6) is 0 Å². The molecule has 3 heterocycles. The summed E-state index contributed by atoms with van der Waals surface area (Å²) >= 11 is 1.53. The summed E-state index contributed by atoms with van der Waals surface area (Å²) in [6.07, 6.45) is 5.24. The molecule has 20 heavy (non-hydrogen) atoms. The third kappa shape index (κ3) is 2.56. The van der Waals surface area contributed by atoms with Crippen molar-refractivity contribution in [2.75, 3.05) is 19.7 Å². The van der Waals surface area contributed by atoms with Crippen LogP contribution in [0, 0.1) is 0 Å². The lowest BCUT2D eigenvalue weighted by Gasteiger charge is -2.38. The van der Waals surface area contributed by atoms with Crippen LogP contribution in [0.1, 0.15) is 18.5 Å². The van der Waals surface area contributed by atoms with Crippen LogP contribution in [0.3, 0.4) is 0 Å². The van der Waals surface area contributed by atoms with Gasteiger partial charge < -0.3 is 15.1 Å². The van der Waals surface area contributed by atoms with E-state index in [1.54, 1.807) is 4.90 Å². The fourth-order valence-corrected chi connectivity index (χ4v) is 3.30. The molecule has 108 valence electrons. The third-order valence-corrected chi connectivity index (χ3v) is 4.45. The van der Waals surface area contributed by atoms with Crippen LogP contribution >= 0.6 is 11.3 Å². The molecule has 0 aliphatic carbocycles. The highest BCUT2D eigenvalue weighted by atomic mass is 32.1. The van der Waals surface area contributed by atoms with Gasteiger partial charge >= 0.3 is 0 Å². The van der Waals surface area contributed by atoms with Gasteiger partial charge in [0.05, 0.1) is 25.3 Å². The van der Waals surface area contributed by atoms with Gasteiger partial charge in [-0.05, 0) is 12.8 Å². The lowest BCUT2D eigenvalue weighted by Crippen LogP contribution is -2.52. The molecular weight excluding hydrogens is 278 g/mol. The van der Waals surface area contributed by atoms with Crippen LogP contribution < -0.4 is 0 Å². The Kier molecular flexibility index (Phi) is 3.49. The Labute approximate surface area is 120 Å². The van der Waals surface area contributed by atoms with Gasteiger partial charge in [-0.2, -0.15) is 0 Å². The number of piperidine rings is 1. The molecule has 0 radical (unpaired) electrons. The molecule has 2 aromatic rings. The smallest absolute Gasteiger partial charge is 0.228 e. The van der Waals surface area contributed by atoms with E-state index in [1.807, 2.05) is 22.2 Å². The highest BCUT2D eigenvalue weighted by Crippen LogP contribution is 2.21. The van der Waals surface area contributed by atoms with Gasteiger partial charge in [-0.1, -0.05) is 0 Å². The first-order chi connectivity index (χ1) is 9.59. The van der Waals surface area contributed by atoms with Crippen molar-refractivity contribution in [2.24, 2.45) is 0 Å². The minimum absolute atomic E-state index is 0.0534. The second-order valence-corrected chi connectivity index (χ2v) is 6.18. The van der Waals surface area contributed by atoms with Crippen LogP contribution in [0.4, 0.5) is 0 Å². The Bertz CT molecular complexity index is 595. The van der Waals surface area contributed by atoms with Crippen molar-refractivity contribution >= 4 is 22.2 Å². The van der Waals surface area contributed by atoms with Crippen molar-refractivity contribution in [2.45, 2.75) is 24.9 Å². The number of aliphatic hydroxyl groups excluding tert-OH is 1. The van der Waals surface area contributed by atoms with Gasteiger partial charge in [0.2, 0.25) is 5.91 Å². The Hall–Kier alpha value is -1.44. The van der Waals surface area contributed by atoms with E-state index < -0.39 is 5.60 Å². The first-order valence-electron chi connectivity index (χ1n) is 6.62. The largest absolute Gasteiger partial charge is 0.393 e. The zero-order valence-electron chi connectivity index (χ0n) is 11.0. The highest BCUT2D eigenvalue weighted by Gasteiger charge is 2.34. The summed E-state index contributed by atoms with van der Waals surface area (Å²) in [6, 6.07) is 0. The van der Waals surface area contributed by atoms with Gasteiger partial charge in [0.25, 0.3) is 0 Å². The number of fused-ring (bicyclic) bond motifs is 1. The molecule has 0 aromatic carbocycles. The lowest BCUT2D eigenvalue weighted by atomic mass is 9.93. The SMILES string of the molecule is O=C(Cc1cn2ccsc2n1)N1CCC[C@@](O)(CO)C1. The summed E-state index contributed by atoms with van der Waals surface area (Å²) < 4.78 is 1.90. The number of nitrogens with zero attached hydrogens (tertiary/aromatic N) is 3. The first kappa shape index (κ1) is 13.5. The molecule has 6 nitrogen and oxygen atoms in total. The molecular formula is C13H17N3O3S. The lowest BCUT2D eigenvalue weighted by molar-refractivity contribution is -0.140. The van der Waals surface area contributed by atoms with Crippen LogP contribution in [0.25, 0.3) is 4.96 Å². The summed E-state index contributed by atoms with van der Waals surface area (Å²) in [6.45, 7) is 0.519. The maximum absolute atomic E-state index is 12.3. The molecule has 2 N–H and O–H groups in total. The number of aromatic nitrogens is 2. The number of β-amino-alcohol motifs (C(OH)–C–C–N with tert-alkyl or cyclic N) is 1. The van der Waals surface area contributed by atoms with Crippen LogP contribution in [-0.2, 0) is 11.2 Å². The zero-order valence-corrected chi connectivity index (χ0v) is 11.8. The Morgan fingerprint density at radius 1 is 1.55 bits per heavy atom. The number of rotatable bonds is 3. The molecule has 3 rings (SSSR count). The third-order valence-electron chi connectivity index (χ3n) is 3.68. The van der Waals surface area contributed by atoms with Gasteiger partial charge in [0, 0.05) is 24.3 Å². The van der Waals surface area contributed by atoms with Crippen LogP contribution in [-0.4, -0.2) is 55.7 Å². The Balaban J connectivity index is 1.68. The molecule has 2 aromatic heterocycles. The van der Waals surface area contributed by atoms with Crippen molar-refractivity contribution < 1.29 is 15.0 Å². The summed E-state index contributed by atoms with van der Waals surface area (Å²) in [4.78, 5) is 19.1. The van der Waals surface area contributed by atoms with Crippen LogP contribution in [0.15, 0.2) is 17.8 Å². The molecule has 1 amide bonds. The van der Waals surface area contributed by atoms with Crippen molar-refractivity contribution in [1.82, 2.24) is 14.3 Å². The standard InChI is InChI=1S/C13H17N3O3S/c17-9-13(19)2-1-3-16(8-13)11(18)6-10-7-15-4-5-20-12(15)14-10/h4-5,7,17,19H,1-3,6,8-9H2/t13-/m0/s1. The van der Waals surface area contributed by atoms with E-state index in [2.05, 4.69) is 4.98 Å². The monoisotopic (exact) mass is 295 g/mol. The van der Waals surface area contributed by atoms with E-state index in [0.29, 0.717) is 19.4 Å². The van der Waals surface area contributed by atoms with E-state index in [4.69, 9.17) is 0 Å². The van der Waals surface area contributed by atoms with Gasteiger partial charge in [-0.25, -0.2) is 4.98 Å². The van der Waals surface area contributed by atoms with Gasteiger partial charge in [0.15, 0.2) is 4.96 Å². The molecule has 1 aliphatic rings. The predicted octanol–water partition coefficient (Wildman–Crippen LogP) is 0.284. The Morgan fingerprint density at radius 2 is 2.40 bits per heavy atom. The van der Waals surface area contributed by atoms with E-state index >= 15 is 0 Å². The van der Waals surface area contributed by atoms with E-state index in [9.17, 15) is 15.0 Å². The summed E-state index contributed by atoms with van der Waals surface area (Å²) in [7, 11) is 0. The minimum atomic E-state index is -1.15. The number of amides is 1. The topological polar surface area (TPSA) is 78.1 Å². The van der Waals surface area contributed by atoms with Gasteiger partial charge in [-0.3, -0.25) is 9.20 Å². The van der Waals surface area contributed by atoms with Gasteiger partial charge in [0.1, 0.15) is 5.60 Å². The first-order valence-corrected chi connectivity index (χ1v) is 7.50. The zero-order chi connectivity index (χ0) is 14.2. The van der Waals surface area contributed by atoms with Gasteiger partial charge in [-0.15, -0.1) is 11.3 Å². The molecule has 0 unspecified atom stereocenters. The Morgan fingerprint density at radius 3 is 3.15 bits per heavy atom. The molecule has 0 saturated carbocycles. The average Bonchev–Trinajstić information content (AvgIpc) is 2.99. The van der Waals surface area contributed by atoms with Crippen LogP contribution in [0.2, 0.25) is 0 Å². The molecule has 1 fully saturated rings. The highest BCUT2D eigenvalue weighted by molar-refractivity contribution is 7.15. The molecule has 1 saturated heterocycles. The normalized spacial score (nSPS) is 23.4. The maximum atomic E-state index is 12.3. The molecule has 1 aliphatic heterocycles. The number of carbonyl (C=O) groups is 1. The second-order valence-electron chi connectivity index (χ2n) is 5.30. The average molecular weight is 295 g/mol. The quantitative estimate of drug-likeness (QED) is 0.853. The predicted molar refractivity (Wildman–Crippen MR) is 74.6 cm³/mol. The second kappa shape index (κ2) is 5.16. The number of hydrogen-bond acceptors (Lipinski definition) is 5.